The summed E-state index contributed by atoms with van der Waals surface area (Å²) in [4.78, 5) is 19.3. The first-order chi connectivity index (χ1) is 14.0. The summed E-state index contributed by atoms with van der Waals surface area (Å²) in [6.07, 6.45) is 6.14. The third-order valence-electron chi connectivity index (χ3n) is 4.18. The zero-order chi connectivity index (χ0) is 20.3. The first kappa shape index (κ1) is 18.8. The molecule has 0 radical (unpaired) electrons. The molecule has 2 aromatic heterocycles. The van der Waals surface area contributed by atoms with Crippen LogP contribution in [-0.4, -0.2) is 30.5 Å². The number of hydrogen-bond donors (Lipinski definition) is 2. The van der Waals surface area contributed by atoms with Gasteiger partial charge < -0.3 is 4.42 Å². The van der Waals surface area contributed by atoms with Gasteiger partial charge in [-0.05, 0) is 55.3 Å². The molecule has 1 aliphatic carbocycles. The molecule has 1 aromatic carbocycles. The number of anilines is 1. The van der Waals surface area contributed by atoms with Crippen LogP contribution in [0.3, 0.4) is 0 Å². The molecule has 148 valence electrons. The van der Waals surface area contributed by atoms with Gasteiger partial charge >= 0.3 is 0 Å². The van der Waals surface area contributed by atoms with Gasteiger partial charge in [0.1, 0.15) is 11.5 Å². The molecular formula is C19H17N5O4S. The summed E-state index contributed by atoms with van der Waals surface area (Å²) in [6, 6.07) is 11.2. The Morgan fingerprint density at radius 2 is 1.83 bits per heavy atom. The van der Waals surface area contributed by atoms with E-state index in [1.165, 1.54) is 30.7 Å². The van der Waals surface area contributed by atoms with Crippen LogP contribution < -0.4 is 10.1 Å². The van der Waals surface area contributed by atoms with Gasteiger partial charge in [0.2, 0.25) is 11.9 Å². The van der Waals surface area contributed by atoms with Crippen molar-refractivity contribution in [3.05, 3.63) is 60.6 Å². The van der Waals surface area contributed by atoms with E-state index in [1.807, 2.05) is 0 Å². The third-order valence-corrected chi connectivity index (χ3v) is 5.53. The van der Waals surface area contributed by atoms with Gasteiger partial charge in [-0.1, -0.05) is 0 Å². The number of nitrogens with one attached hydrogen (secondary N) is 2. The number of amides is 1. The number of aromatic nitrogens is 2. The monoisotopic (exact) mass is 411 g/mol. The fraction of sp³-hybridized carbons (Fsp3) is 0.158. The van der Waals surface area contributed by atoms with Gasteiger partial charge in [0, 0.05) is 23.9 Å². The topological polar surface area (TPSA) is 127 Å². The first-order valence-corrected chi connectivity index (χ1v) is 10.3. The Morgan fingerprint density at radius 1 is 1.10 bits per heavy atom. The maximum atomic E-state index is 12.4. The lowest BCUT2D eigenvalue weighted by molar-refractivity contribution is -0.122. The zero-order valence-corrected chi connectivity index (χ0v) is 16.0. The Balaban J connectivity index is 1.43. The molecule has 2 heterocycles. The van der Waals surface area contributed by atoms with Crippen LogP contribution in [0.5, 0.6) is 0 Å². The third kappa shape index (κ3) is 4.66. The van der Waals surface area contributed by atoms with Crippen molar-refractivity contribution in [2.45, 2.75) is 17.7 Å². The molecule has 1 saturated carbocycles. The van der Waals surface area contributed by atoms with Crippen LogP contribution >= 0.6 is 0 Å². The minimum Gasteiger partial charge on any atom is -0.455 e. The van der Waals surface area contributed by atoms with Crippen LogP contribution in [0.4, 0.5) is 5.95 Å². The molecule has 2 N–H and O–H groups in total. The lowest BCUT2D eigenvalue weighted by Crippen LogP contribution is -2.18. The zero-order valence-electron chi connectivity index (χ0n) is 15.1. The van der Waals surface area contributed by atoms with E-state index in [4.69, 9.17) is 4.42 Å². The Hall–Kier alpha value is -3.53. The van der Waals surface area contributed by atoms with E-state index in [0.29, 0.717) is 17.1 Å². The second-order valence-electron chi connectivity index (χ2n) is 6.41. The van der Waals surface area contributed by atoms with Crippen LogP contribution in [-0.2, 0) is 14.8 Å². The quantitative estimate of drug-likeness (QED) is 0.454. The lowest BCUT2D eigenvalue weighted by Gasteiger charge is -2.06. The summed E-state index contributed by atoms with van der Waals surface area (Å²) in [6.45, 7) is 0. The first-order valence-electron chi connectivity index (χ1n) is 8.84. The maximum absolute atomic E-state index is 12.4. The minimum absolute atomic E-state index is 0.000293. The molecule has 0 aliphatic heterocycles. The molecule has 4 rings (SSSR count). The number of furan rings is 1. The lowest BCUT2D eigenvalue weighted by atomic mass is 10.2. The number of nitrogens with zero attached hydrogens (tertiary/aromatic N) is 3. The largest absolute Gasteiger partial charge is 0.455 e. The molecule has 0 atom stereocenters. The van der Waals surface area contributed by atoms with Crippen molar-refractivity contribution in [2.75, 3.05) is 4.72 Å². The predicted molar refractivity (Wildman–Crippen MR) is 105 cm³/mol. The van der Waals surface area contributed by atoms with Crippen molar-refractivity contribution >= 4 is 28.1 Å². The van der Waals surface area contributed by atoms with Gasteiger partial charge in [-0.2, -0.15) is 5.10 Å². The second-order valence-corrected chi connectivity index (χ2v) is 8.10. The van der Waals surface area contributed by atoms with Crippen molar-refractivity contribution in [3.8, 4) is 11.3 Å². The molecule has 0 saturated heterocycles. The van der Waals surface area contributed by atoms with Gasteiger partial charge in [-0.3, -0.25) is 4.79 Å². The Kier molecular flexibility index (Phi) is 5.09. The van der Waals surface area contributed by atoms with Gasteiger partial charge in [-0.25, -0.2) is 28.5 Å². The number of hydrazone groups is 1. The summed E-state index contributed by atoms with van der Waals surface area (Å²) in [5.41, 5.74) is 3.17. The molecule has 0 spiro atoms. The molecule has 10 heteroatoms. The van der Waals surface area contributed by atoms with E-state index in [1.54, 1.807) is 30.3 Å². The highest BCUT2D eigenvalue weighted by Crippen LogP contribution is 2.28. The molecule has 9 nitrogen and oxygen atoms in total. The van der Waals surface area contributed by atoms with E-state index < -0.39 is 10.0 Å². The van der Waals surface area contributed by atoms with E-state index >= 15 is 0 Å². The Morgan fingerprint density at radius 3 is 2.52 bits per heavy atom. The van der Waals surface area contributed by atoms with Crippen LogP contribution in [0.25, 0.3) is 11.3 Å². The van der Waals surface area contributed by atoms with E-state index in [-0.39, 0.29) is 22.7 Å². The van der Waals surface area contributed by atoms with E-state index in [0.717, 1.165) is 12.8 Å². The molecule has 29 heavy (non-hydrogen) atoms. The van der Waals surface area contributed by atoms with Crippen molar-refractivity contribution in [3.63, 3.8) is 0 Å². The average Bonchev–Trinajstić information content (AvgIpc) is 3.47. The second kappa shape index (κ2) is 7.84. The van der Waals surface area contributed by atoms with Gasteiger partial charge in [0.25, 0.3) is 10.0 Å². The maximum Gasteiger partial charge on any atom is 0.264 e. The summed E-state index contributed by atoms with van der Waals surface area (Å²) < 4.78 is 32.8. The van der Waals surface area contributed by atoms with Gasteiger partial charge in [-0.15, -0.1) is 0 Å². The fourth-order valence-electron chi connectivity index (χ4n) is 2.50. The SMILES string of the molecule is O=C(N/N=C\c1ccc(-c2ccc(S(=O)(=O)Nc3ncccn3)cc2)o1)C1CC1. The van der Waals surface area contributed by atoms with Crippen LogP contribution in [0.2, 0.25) is 0 Å². The number of benzene rings is 1. The van der Waals surface area contributed by atoms with Gasteiger partial charge in [0.05, 0.1) is 11.1 Å². The summed E-state index contributed by atoms with van der Waals surface area (Å²) in [5, 5.41) is 3.88. The molecule has 0 unspecified atom stereocenters. The highest BCUT2D eigenvalue weighted by molar-refractivity contribution is 7.92. The smallest absolute Gasteiger partial charge is 0.264 e. The minimum atomic E-state index is -3.80. The molecule has 1 amide bonds. The van der Waals surface area contributed by atoms with Crippen molar-refractivity contribution in [2.24, 2.45) is 11.0 Å². The highest BCUT2D eigenvalue weighted by atomic mass is 32.2. The van der Waals surface area contributed by atoms with Crippen molar-refractivity contribution in [1.82, 2.24) is 15.4 Å². The van der Waals surface area contributed by atoms with Crippen LogP contribution in [0, 0.1) is 5.92 Å². The summed E-state index contributed by atoms with van der Waals surface area (Å²) in [5.74, 6) is 1.01. The summed E-state index contributed by atoms with van der Waals surface area (Å²) in [7, 11) is -3.80. The normalized spacial score (nSPS) is 14.1. The molecule has 3 aromatic rings. The highest BCUT2D eigenvalue weighted by Gasteiger charge is 2.29. The van der Waals surface area contributed by atoms with E-state index in [9.17, 15) is 13.2 Å². The fourth-order valence-corrected chi connectivity index (χ4v) is 3.46. The number of rotatable bonds is 7. The van der Waals surface area contributed by atoms with Crippen LogP contribution in [0.1, 0.15) is 18.6 Å². The average molecular weight is 411 g/mol. The number of hydrogen-bond acceptors (Lipinski definition) is 7. The number of carbonyl (C=O) groups is 1. The number of carbonyl (C=O) groups excluding carboxylic acids is 1. The van der Waals surface area contributed by atoms with Crippen molar-refractivity contribution < 1.29 is 17.6 Å². The molecular weight excluding hydrogens is 394 g/mol. The van der Waals surface area contributed by atoms with Crippen LogP contribution in [0.15, 0.2) is 69.3 Å². The summed E-state index contributed by atoms with van der Waals surface area (Å²) >= 11 is 0. The number of sulfonamides is 1. The molecule has 1 aliphatic rings. The van der Waals surface area contributed by atoms with E-state index in [2.05, 4.69) is 25.2 Å². The molecule has 0 bridgehead atoms. The standard InChI is InChI=1S/C19H17N5O4S/c25-18(14-2-3-14)23-22-12-15-6-9-17(28-15)13-4-7-16(8-5-13)29(26,27)24-19-20-10-1-11-21-19/h1,4-12,14H,2-3H2,(H,23,25)(H,20,21,24)/b22-12-. The molecule has 1 fully saturated rings. The Labute approximate surface area is 166 Å². The predicted octanol–water partition coefficient (Wildman–Crippen LogP) is 2.40. The van der Waals surface area contributed by atoms with Crippen molar-refractivity contribution in [1.29, 1.82) is 0 Å². The Bertz CT molecular complexity index is 1140. The van der Waals surface area contributed by atoms with Gasteiger partial charge in [0.15, 0.2) is 0 Å².